The van der Waals surface area contributed by atoms with Gasteiger partial charge in [0.25, 0.3) is 10.0 Å². The summed E-state index contributed by atoms with van der Waals surface area (Å²) in [6.45, 7) is 3.67. The number of sulfonamides is 1. The van der Waals surface area contributed by atoms with E-state index in [1.807, 2.05) is 36.1 Å². The molecule has 6 nitrogen and oxygen atoms in total. The minimum Gasteiger partial charge on any atom is -0.325 e. The normalized spacial score (nSPS) is 17.8. The number of nitrogens with zero attached hydrogens (tertiary/aromatic N) is 2. The molecular weight excluding hydrogens is 438 g/mol. The highest BCUT2D eigenvalue weighted by atomic mass is 79.9. The molecule has 1 saturated heterocycles. The van der Waals surface area contributed by atoms with Crippen LogP contribution in [0.2, 0.25) is 0 Å². The fraction of sp³-hybridized carbons (Fsp3) is 0.353. The molecule has 1 atom stereocenters. The van der Waals surface area contributed by atoms with Crippen molar-refractivity contribution in [3.63, 3.8) is 0 Å². The number of amides is 1. The summed E-state index contributed by atoms with van der Waals surface area (Å²) in [6, 6.07) is 10.4. The fourth-order valence-electron chi connectivity index (χ4n) is 2.81. The number of hydrogen-bond donors (Lipinski definition) is 1. The number of nitrogens with one attached hydrogen (secondary N) is 1. The van der Waals surface area contributed by atoms with Crippen molar-refractivity contribution in [2.24, 2.45) is 0 Å². The molecule has 0 radical (unpaired) electrons. The molecule has 1 aromatic heterocycles. The van der Waals surface area contributed by atoms with Crippen molar-refractivity contribution < 1.29 is 13.2 Å². The molecule has 1 aromatic carbocycles. The lowest BCUT2D eigenvalue weighted by Gasteiger charge is -2.36. The fourth-order valence-corrected chi connectivity index (χ4v) is 5.65. The number of thiophene rings is 1. The van der Waals surface area contributed by atoms with Gasteiger partial charge in [0.15, 0.2) is 0 Å². The highest BCUT2D eigenvalue weighted by Crippen LogP contribution is 2.22. The summed E-state index contributed by atoms with van der Waals surface area (Å²) in [5, 5.41) is 4.66. The Bertz CT molecular complexity index is 846. The van der Waals surface area contributed by atoms with Crippen LogP contribution in [0.4, 0.5) is 5.69 Å². The van der Waals surface area contributed by atoms with Crippen LogP contribution in [0, 0.1) is 0 Å². The summed E-state index contributed by atoms with van der Waals surface area (Å²) in [4.78, 5) is 14.5. The molecule has 1 amide bonds. The van der Waals surface area contributed by atoms with Crippen molar-refractivity contribution >= 4 is 48.9 Å². The molecule has 9 heteroatoms. The van der Waals surface area contributed by atoms with Crippen LogP contribution in [0.1, 0.15) is 6.92 Å². The molecule has 1 N–H and O–H groups in total. The van der Waals surface area contributed by atoms with E-state index in [-0.39, 0.29) is 11.9 Å². The second-order valence-corrected chi connectivity index (χ2v) is 10.1. The first-order valence-corrected chi connectivity index (χ1v) is 11.3. The van der Waals surface area contributed by atoms with Crippen molar-refractivity contribution in [3.8, 4) is 0 Å². The van der Waals surface area contributed by atoms with Gasteiger partial charge in [-0.05, 0) is 42.6 Å². The maximum absolute atomic E-state index is 12.6. The lowest BCUT2D eigenvalue weighted by molar-refractivity contribution is -0.121. The molecule has 0 spiro atoms. The monoisotopic (exact) mass is 457 g/mol. The van der Waals surface area contributed by atoms with Crippen molar-refractivity contribution in [3.05, 3.63) is 46.3 Å². The predicted octanol–water partition coefficient (Wildman–Crippen LogP) is 2.84. The van der Waals surface area contributed by atoms with Crippen molar-refractivity contribution in [2.45, 2.75) is 17.2 Å². The van der Waals surface area contributed by atoms with Crippen LogP contribution in [-0.2, 0) is 14.8 Å². The summed E-state index contributed by atoms with van der Waals surface area (Å²) in [5.41, 5.74) is 0.740. The Balaban J connectivity index is 1.57. The second kappa shape index (κ2) is 8.18. The molecule has 2 heterocycles. The Morgan fingerprint density at radius 1 is 1.15 bits per heavy atom. The van der Waals surface area contributed by atoms with Crippen LogP contribution >= 0.6 is 27.3 Å². The van der Waals surface area contributed by atoms with Gasteiger partial charge in [0.1, 0.15) is 4.21 Å². The van der Waals surface area contributed by atoms with Crippen LogP contribution in [0.5, 0.6) is 0 Å². The van der Waals surface area contributed by atoms with Crippen LogP contribution < -0.4 is 5.32 Å². The molecule has 0 bridgehead atoms. The SMILES string of the molecule is C[C@@H](C(=O)Nc1ccc(Br)cc1)N1CCN(S(=O)(=O)c2cccs2)CC1. The van der Waals surface area contributed by atoms with Crippen LogP contribution in [0.3, 0.4) is 0 Å². The van der Waals surface area contributed by atoms with Crippen molar-refractivity contribution in [1.29, 1.82) is 0 Å². The average molecular weight is 458 g/mol. The molecule has 0 aliphatic carbocycles. The highest BCUT2D eigenvalue weighted by Gasteiger charge is 2.32. The van der Waals surface area contributed by atoms with Gasteiger partial charge >= 0.3 is 0 Å². The lowest BCUT2D eigenvalue weighted by Crippen LogP contribution is -2.53. The van der Waals surface area contributed by atoms with Gasteiger partial charge in [-0.25, -0.2) is 8.42 Å². The number of hydrogen-bond acceptors (Lipinski definition) is 5. The van der Waals surface area contributed by atoms with E-state index in [0.29, 0.717) is 30.4 Å². The van der Waals surface area contributed by atoms with Crippen LogP contribution in [0.15, 0.2) is 50.5 Å². The predicted molar refractivity (Wildman–Crippen MR) is 107 cm³/mol. The van der Waals surface area contributed by atoms with Gasteiger partial charge in [0.2, 0.25) is 5.91 Å². The molecule has 3 rings (SSSR count). The maximum atomic E-state index is 12.6. The molecular formula is C17H20BrN3O3S2. The largest absolute Gasteiger partial charge is 0.325 e. The Morgan fingerprint density at radius 3 is 2.38 bits per heavy atom. The molecule has 140 valence electrons. The Morgan fingerprint density at radius 2 is 1.81 bits per heavy atom. The van der Waals surface area contributed by atoms with Gasteiger partial charge in [0, 0.05) is 36.3 Å². The smallest absolute Gasteiger partial charge is 0.252 e. The van der Waals surface area contributed by atoms with Gasteiger partial charge in [-0.1, -0.05) is 22.0 Å². The summed E-state index contributed by atoms with van der Waals surface area (Å²) >= 11 is 4.59. The minimum atomic E-state index is -3.42. The molecule has 2 aromatic rings. The van der Waals surface area contributed by atoms with E-state index in [9.17, 15) is 13.2 Å². The van der Waals surface area contributed by atoms with E-state index in [1.54, 1.807) is 17.5 Å². The molecule has 1 fully saturated rings. The topological polar surface area (TPSA) is 69.7 Å². The van der Waals surface area contributed by atoms with E-state index >= 15 is 0 Å². The Kier molecular flexibility index (Phi) is 6.13. The van der Waals surface area contributed by atoms with Gasteiger partial charge < -0.3 is 5.32 Å². The Hall–Kier alpha value is -1.26. The first kappa shape index (κ1) is 19.5. The van der Waals surface area contributed by atoms with Crippen LogP contribution in [0.25, 0.3) is 0 Å². The minimum absolute atomic E-state index is 0.0955. The molecule has 0 unspecified atom stereocenters. The Labute approximate surface area is 166 Å². The standard InChI is InChI=1S/C17H20BrN3O3S2/c1-13(17(22)19-15-6-4-14(18)5-7-15)20-8-10-21(11-9-20)26(23,24)16-3-2-12-25-16/h2-7,12-13H,8-11H2,1H3,(H,19,22)/t13-/m0/s1. The number of rotatable bonds is 5. The second-order valence-electron chi connectivity index (χ2n) is 6.04. The van der Waals surface area contributed by atoms with E-state index in [4.69, 9.17) is 0 Å². The summed E-state index contributed by atoms with van der Waals surface area (Å²) in [7, 11) is -3.42. The molecule has 1 aliphatic heterocycles. The lowest BCUT2D eigenvalue weighted by atomic mass is 10.2. The third kappa shape index (κ3) is 4.34. The first-order chi connectivity index (χ1) is 12.4. The summed E-state index contributed by atoms with van der Waals surface area (Å²) < 4.78 is 27.9. The van der Waals surface area contributed by atoms with Gasteiger partial charge in [-0.3, -0.25) is 9.69 Å². The zero-order valence-corrected chi connectivity index (χ0v) is 17.5. The summed E-state index contributed by atoms with van der Waals surface area (Å²) in [5.74, 6) is -0.0955. The number of anilines is 1. The number of benzene rings is 1. The van der Waals surface area contributed by atoms with Gasteiger partial charge in [-0.15, -0.1) is 11.3 Å². The first-order valence-electron chi connectivity index (χ1n) is 8.22. The molecule has 26 heavy (non-hydrogen) atoms. The maximum Gasteiger partial charge on any atom is 0.252 e. The van der Waals surface area contributed by atoms with Crippen molar-refractivity contribution in [2.75, 3.05) is 31.5 Å². The van der Waals surface area contributed by atoms with Crippen LogP contribution in [-0.4, -0.2) is 55.8 Å². The third-order valence-electron chi connectivity index (χ3n) is 4.40. The molecule has 0 saturated carbocycles. The van der Waals surface area contributed by atoms with E-state index in [0.717, 1.165) is 10.2 Å². The number of carbonyl (C=O) groups is 1. The zero-order valence-electron chi connectivity index (χ0n) is 14.3. The zero-order chi connectivity index (χ0) is 18.7. The van der Waals surface area contributed by atoms with Crippen molar-refractivity contribution in [1.82, 2.24) is 9.21 Å². The average Bonchev–Trinajstić information content (AvgIpc) is 3.18. The number of carbonyl (C=O) groups excluding carboxylic acids is 1. The molecule has 1 aliphatic rings. The number of piperazine rings is 1. The van der Waals surface area contributed by atoms with E-state index in [1.165, 1.54) is 15.6 Å². The number of halogens is 1. The quantitative estimate of drug-likeness (QED) is 0.748. The van der Waals surface area contributed by atoms with Gasteiger partial charge in [-0.2, -0.15) is 4.31 Å². The van der Waals surface area contributed by atoms with E-state index in [2.05, 4.69) is 21.2 Å². The highest BCUT2D eigenvalue weighted by molar-refractivity contribution is 9.10. The third-order valence-corrected chi connectivity index (χ3v) is 8.20. The van der Waals surface area contributed by atoms with E-state index < -0.39 is 10.0 Å². The van der Waals surface area contributed by atoms with Gasteiger partial charge in [0.05, 0.1) is 6.04 Å². The summed E-state index contributed by atoms with van der Waals surface area (Å²) in [6.07, 6.45) is 0.